The Hall–Kier alpha value is -3.72. The molecule has 172 valence electrons. The van der Waals surface area contributed by atoms with E-state index in [1.165, 1.54) is 25.3 Å². The zero-order chi connectivity index (χ0) is 24.0. The first-order valence-electron chi connectivity index (χ1n) is 10.2. The summed E-state index contributed by atoms with van der Waals surface area (Å²) in [7, 11) is 1.25. The summed E-state index contributed by atoms with van der Waals surface area (Å²) in [5.41, 5.74) is 2.79. The lowest BCUT2D eigenvalue weighted by Crippen LogP contribution is -2.32. The van der Waals surface area contributed by atoms with Crippen LogP contribution in [0.2, 0.25) is 0 Å². The van der Waals surface area contributed by atoms with Gasteiger partial charge >= 0.3 is 11.9 Å². The molecule has 0 spiro atoms. The Labute approximate surface area is 195 Å². The molecule has 0 fully saturated rings. The van der Waals surface area contributed by atoms with Crippen molar-refractivity contribution < 1.29 is 24.0 Å². The number of carbonyl (C=O) groups excluding carboxylic acids is 2. The number of nitro groups is 1. The van der Waals surface area contributed by atoms with Gasteiger partial charge in [-0.2, -0.15) is 11.3 Å². The molecule has 2 heterocycles. The van der Waals surface area contributed by atoms with Crippen LogP contribution in [0.1, 0.15) is 37.3 Å². The van der Waals surface area contributed by atoms with Crippen LogP contribution in [0.15, 0.2) is 69.7 Å². The number of nitro benzene ring substituents is 1. The number of hydrogen-bond acceptors (Lipinski definition) is 8. The van der Waals surface area contributed by atoms with Crippen molar-refractivity contribution in [2.75, 3.05) is 13.7 Å². The molecule has 0 saturated carbocycles. The molecule has 1 aromatic carbocycles. The van der Waals surface area contributed by atoms with Crippen molar-refractivity contribution in [3.63, 3.8) is 0 Å². The monoisotopic (exact) mass is 468 g/mol. The molecule has 1 unspecified atom stereocenters. The second-order valence-electron chi connectivity index (χ2n) is 7.36. The van der Waals surface area contributed by atoms with E-state index in [0.717, 1.165) is 5.56 Å². The van der Waals surface area contributed by atoms with Gasteiger partial charge in [0.15, 0.2) is 0 Å². The maximum absolute atomic E-state index is 13.1. The third kappa shape index (κ3) is 5.56. The van der Waals surface area contributed by atoms with Gasteiger partial charge in [0.25, 0.3) is 5.69 Å². The highest BCUT2D eigenvalue weighted by atomic mass is 32.1. The average Bonchev–Trinajstić information content (AvgIpc) is 3.31. The van der Waals surface area contributed by atoms with Crippen LogP contribution in [0.3, 0.4) is 0 Å². The van der Waals surface area contributed by atoms with Crippen molar-refractivity contribution >= 4 is 35.0 Å². The Bertz CT molecular complexity index is 1150. The van der Waals surface area contributed by atoms with Crippen molar-refractivity contribution in [2.24, 2.45) is 0 Å². The highest BCUT2D eigenvalue weighted by Crippen LogP contribution is 2.40. The summed E-state index contributed by atoms with van der Waals surface area (Å²) < 4.78 is 10.5. The number of ether oxygens (including phenoxy) is 2. The topological polar surface area (TPSA) is 108 Å². The zero-order valence-electron chi connectivity index (χ0n) is 18.5. The van der Waals surface area contributed by atoms with Gasteiger partial charge in [-0.15, -0.1) is 0 Å². The summed E-state index contributed by atoms with van der Waals surface area (Å²) in [6.07, 6.45) is 4.38. The molecule has 0 bridgehead atoms. The Morgan fingerprint density at radius 2 is 1.91 bits per heavy atom. The highest BCUT2D eigenvalue weighted by molar-refractivity contribution is 7.08. The molecule has 9 heteroatoms. The maximum atomic E-state index is 13.1. The standard InChI is InChI=1S/C24H24N2O6S/c1-15-20(23(27)31-3)22(18-8-6-9-19(13-18)26(29)30)21(16(2)25-15)24(28)32-11-5-4-7-17-10-12-33-14-17/h4,6-10,12-14,22,25H,5,11H2,1-3H3/b7-4+. The molecular weight excluding hydrogens is 444 g/mol. The molecule has 0 amide bonds. The molecule has 33 heavy (non-hydrogen) atoms. The Morgan fingerprint density at radius 3 is 2.55 bits per heavy atom. The summed E-state index contributed by atoms with van der Waals surface area (Å²) in [6, 6.07) is 7.86. The first-order chi connectivity index (χ1) is 15.8. The van der Waals surface area contributed by atoms with Crippen molar-refractivity contribution in [2.45, 2.75) is 26.2 Å². The van der Waals surface area contributed by atoms with Crippen molar-refractivity contribution in [1.82, 2.24) is 5.32 Å². The molecule has 1 aliphatic heterocycles. The lowest BCUT2D eigenvalue weighted by molar-refractivity contribution is -0.384. The SMILES string of the molecule is COC(=O)C1=C(C)NC(C)=C(C(=O)OCC/C=C/c2ccsc2)C1c1cccc([N+](=O)[O-])c1. The van der Waals surface area contributed by atoms with E-state index in [9.17, 15) is 19.7 Å². The highest BCUT2D eigenvalue weighted by Gasteiger charge is 2.38. The molecule has 1 aromatic heterocycles. The molecule has 2 aromatic rings. The van der Waals surface area contributed by atoms with Gasteiger partial charge in [0.1, 0.15) is 0 Å². The molecule has 0 aliphatic carbocycles. The minimum atomic E-state index is -0.868. The van der Waals surface area contributed by atoms with E-state index >= 15 is 0 Å². The summed E-state index contributed by atoms with van der Waals surface area (Å²) in [5.74, 6) is -2.10. The number of benzene rings is 1. The van der Waals surface area contributed by atoms with Crippen LogP contribution in [-0.2, 0) is 19.1 Å². The number of hydrogen-bond donors (Lipinski definition) is 1. The zero-order valence-corrected chi connectivity index (χ0v) is 19.3. The van der Waals surface area contributed by atoms with E-state index in [0.29, 0.717) is 23.4 Å². The molecule has 0 radical (unpaired) electrons. The number of nitrogens with zero attached hydrogens (tertiary/aromatic N) is 1. The fourth-order valence-corrected chi connectivity index (χ4v) is 4.31. The number of dihydropyridines is 1. The Balaban J connectivity index is 1.89. The van der Waals surface area contributed by atoms with E-state index in [-0.39, 0.29) is 23.4 Å². The van der Waals surface area contributed by atoms with Crippen LogP contribution in [0.5, 0.6) is 0 Å². The van der Waals surface area contributed by atoms with Gasteiger partial charge in [-0.3, -0.25) is 10.1 Å². The van der Waals surface area contributed by atoms with Crippen LogP contribution < -0.4 is 5.32 Å². The lowest BCUT2D eigenvalue weighted by Gasteiger charge is -2.30. The number of methoxy groups -OCH3 is 1. The first kappa shape index (κ1) is 23.9. The van der Waals surface area contributed by atoms with Crippen molar-refractivity contribution in [1.29, 1.82) is 0 Å². The second-order valence-corrected chi connectivity index (χ2v) is 8.14. The quantitative estimate of drug-likeness (QED) is 0.259. The van der Waals surface area contributed by atoms with Gasteiger partial charge in [0.05, 0.1) is 35.7 Å². The number of allylic oxidation sites excluding steroid dienone is 2. The normalized spacial score (nSPS) is 16.0. The average molecular weight is 469 g/mol. The molecule has 1 aliphatic rings. The number of carbonyl (C=O) groups is 2. The predicted molar refractivity (Wildman–Crippen MR) is 125 cm³/mol. The smallest absolute Gasteiger partial charge is 0.336 e. The molecule has 8 nitrogen and oxygen atoms in total. The molecular formula is C24H24N2O6S. The van der Waals surface area contributed by atoms with Crippen LogP contribution in [0.4, 0.5) is 5.69 Å². The molecule has 1 N–H and O–H groups in total. The lowest BCUT2D eigenvalue weighted by atomic mass is 9.80. The third-order valence-corrected chi connectivity index (χ3v) is 5.87. The summed E-state index contributed by atoms with van der Waals surface area (Å²) in [6.45, 7) is 3.54. The van der Waals surface area contributed by atoms with Crippen LogP contribution >= 0.6 is 11.3 Å². The second kappa shape index (κ2) is 10.7. The Kier molecular flexibility index (Phi) is 7.78. The van der Waals surface area contributed by atoms with Crippen LogP contribution in [0, 0.1) is 10.1 Å². The number of nitrogens with one attached hydrogen (secondary N) is 1. The first-order valence-corrected chi connectivity index (χ1v) is 11.1. The largest absolute Gasteiger partial charge is 0.466 e. The minimum Gasteiger partial charge on any atom is -0.466 e. The van der Waals surface area contributed by atoms with E-state index in [1.807, 2.05) is 29.0 Å². The van der Waals surface area contributed by atoms with Gasteiger partial charge in [0, 0.05) is 23.5 Å². The van der Waals surface area contributed by atoms with Gasteiger partial charge < -0.3 is 14.8 Å². The number of esters is 2. The predicted octanol–water partition coefficient (Wildman–Crippen LogP) is 4.71. The molecule has 0 saturated heterocycles. The number of thiophene rings is 1. The summed E-state index contributed by atoms with van der Waals surface area (Å²) >= 11 is 1.60. The van der Waals surface area contributed by atoms with Gasteiger partial charge in [-0.25, -0.2) is 9.59 Å². The fraction of sp³-hybridized carbons (Fsp3) is 0.250. The van der Waals surface area contributed by atoms with Crippen molar-refractivity contribution in [3.05, 3.63) is 90.9 Å². The maximum Gasteiger partial charge on any atom is 0.336 e. The Morgan fingerprint density at radius 1 is 1.18 bits per heavy atom. The van der Waals surface area contributed by atoms with Gasteiger partial charge in [-0.1, -0.05) is 24.3 Å². The van der Waals surface area contributed by atoms with Crippen molar-refractivity contribution in [3.8, 4) is 0 Å². The van der Waals surface area contributed by atoms with E-state index in [2.05, 4.69) is 5.32 Å². The van der Waals surface area contributed by atoms with E-state index in [1.54, 1.807) is 31.3 Å². The minimum absolute atomic E-state index is 0.142. The fourth-order valence-electron chi connectivity index (χ4n) is 3.68. The van der Waals surface area contributed by atoms with Gasteiger partial charge in [-0.05, 0) is 48.2 Å². The van der Waals surface area contributed by atoms with E-state index in [4.69, 9.17) is 9.47 Å². The van der Waals surface area contributed by atoms with Crippen LogP contribution in [-0.4, -0.2) is 30.6 Å². The number of rotatable bonds is 8. The van der Waals surface area contributed by atoms with Crippen LogP contribution in [0.25, 0.3) is 6.08 Å². The van der Waals surface area contributed by atoms with E-state index < -0.39 is 22.8 Å². The third-order valence-electron chi connectivity index (χ3n) is 5.17. The number of non-ortho nitro benzene ring substituents is 1. The summed E-state index contributed by atoms with van der Waals surface area (Å²) in [5, 5.41) is 18.4. The molecule has 1 atom stereocenters. The van der Waals surface area contributed by atoms with Gasteiger partial charge in [0.2, 0.25) is 0 Å². The summed E-state index contributed by atoms with van der Waals surface area (Å²) in [4.78, 5) is 36.5. The molecule has 3 rings (SSSR count).